The van der Waals surface area contributed by atoms with E-state index in [2.05, 4.69) is 11.8 Å². The summed E-state index contributed by atoms with van der Waals surface area (Å²) in [6.45, 7) is 0. The summed E-state index contributed by atoms with van der Waals surface area (Å²) in [5.41, 5.74) is 0. The van der Waals surface area contributed by atoms with Gasteiger partial charge in [0.2, 0.25) is 52.5 Å². The smallest absolute Gasteiger partial charge is 0.230 e. The van der Waals surface area contributed by atoms with Crippen molar-refractivity contribution in [2.75, 3.05) is 0 Å². The summed E-state index contributed by atoms with van der Waals surface area (Å²) >= 11 is -9.16. The maximum absolute atomic E-state index is 13.9. The molecule has 4 rings (SSSR count). The minimum atomic E-state index is -2.29. The standard InChI is InChI=1S/C36H32O8S4/c1-3-27-35(45(37)41-31-19-9-5-10-20-31,46(38)42-32-21-11-6-12-22-32)29-17-18-30-36(28-4-2,47(39)43-33-23-13-7-14-24-33)48(40)44-34-25-15-8-16-26-34/h1-2,5-26H,27-30H2/b18-17+. The molecule has 0 heterocycles. The van der Waals surface area contributed by atoms with E-state index >= 15 is 0 Å². The van der Waals surface area contributed by atoms with Gasteiger partial charge >= 0.3 is 0 Å². The molecular formula is C36H32O8S4. The number of benzene rings is 4. The molecule has 4 atom stereocenters. The molecule has 0 N–H and O–H groups in total. The summed E-state index contributed by atoms with van der Waals surface area (Å²) in [5.74, 6) is 6.02. The lowest BCUT2D eigenvalue weighted by Gasteiger charge is -2.28. The summed E-state index contributed by atoms with van der Waals surface area (Å²) in [4.78, 5) is 0. The topological polar surface area (TPSA) is 105 Å². The molecule has 12 heteroatoms. The zero-order valence-corrected chi connectivity index (χ0v) is 28.8. The highest BCUT2D eigenvalue weighted by atomic mass is 32.3. The van der Waals surface area contributed by atoms with Crippen molar-refractivity contribution in [3.63, 3.8) is 0 Å². The van der Waals surface area contributed by atoms with E-state index in [0.717, 1.165) is 0 Å². The Bertz CT molecular complexity index is 1580. The van der Waals surface area contributed by atoms with E-state index in [-0.39, 0.29) is 48.7 Å². The molecule has 0 fully saturated rings. The average molecular weight is 721 g/mol. The normalized spacial score (nSPS) is 16.0. The molecule has 0 bridgehead atoms. The lowest BCUT2D eigenvalue weighted by molar-refractivity contribution is 0.502. The quantitative estimate of drug-likeness (QED) is 0.0824. The summed E-state index contributed by atoms with van der Waals surface area (Å²) in [6.07, 6.45) is 13.6. The van der Waals surface area contributed by atoms with Crippen molar-refractivity contribution in [3.05, 3.63) is 133 Å². The van der Waals surface area contributed by atoms with Crippen LogP contribution in [0.5, 0.6) is 23.0 Å². The molecule has 0 aromatic heterocycles. The zero-order chi connectivity index (χ0) is 34.2. The van der Waals surface area contributed by atoms with Crippen LogP contribution in [0.3, 0.4) is 0 Å². The van der Waals surface area contributed by atoms with Crippen molar-refractivity contribution >= 4 is 44.3 Å². The Morgan fingerprint density at radius 1 is 0.458 bits per heavy atom. The van der Waals surface area contributed by atoms with Crippen LogP contribution in [-0.2, 0) is 44.3 Å². The summed E-state index contributed by atoms with van der Waals surface area (Å²) in [5, 5.41) is 0. The maximum Gasteiger partial charge on any atom is 0.230 e. The molecule has 0 saturated carbocycles. The molecule has 4 aromatic carbocycles. The number of allylic oxidation sites excluding steroid dienone is 2. The molecule has 4 aromatic rings. The highest BCUT2D eigenvalue weighted by Crippen LogP contribution is 2.35. The van der Waals surface area contributed by atoms with Gasteiger partial charge in [0, 0.05) is 25.7 Å². The van der Waals surface area contributed by atoms with E-state index in [9.17, 15) is 16.8 Å². The van der Waals surface area contributed by atoms with Crippen LogP contribution in [0.4, 0.5) is 0 Å². The fourth-order valence-corrected chi connectivity index (χ4v) is 8.94. The van der Waals surface area contributed by atoms with Crippen molar-refractivity contribution in [1.29, 1.82) is 0 Å². The van der Waals surface area contributed by atoms with Gasteiger partial charge in [0.05, 0.1) is 0 Å². The minimum absolute atomic E-state index is 0.180. The molecule has 0 amide bonds. The van der Waals surface area contributed by atoms with Crippen LogP contribution in [-0.4, -0.2) is 25.0 Å². The second-order valence-corrected chi connectivity index (χ2v) is 16.2. The third-order valence-electron chi connectivity index (χ3n) is 6.64. The van der Waals surface area contributed by atoms with Gasteiger partial charge < -0.3 is 16.7 Å². The van der Waals surface area contributed by atoms with E-state index in [4.69, 9.17) is 29.6 Å². The van der Waals surface area contributed by atoms with Crippen molar-refractivity contribution in [3.8, 4) is 47.7 Å². The van der Waals surface area contributed by atoms with Gasteiger partial charge in [-0.15, -0.1) is 24.7 Å². The van der Waals surface area contributed by atoms with Crippen LogP contribution in [0.2, 0.25) is 0 Å². The molecule has 8 nitrogen and oxygen atoms in total. The molecule has 0 aliphatic heterocycles. The Kier molecular flexibility index (Phi) is 13.8. The lowest BCUT2D eigenvalue weighted by Crippen LogP contribution is -2.43. The highest BCUT2D eigenvalue weighted by Gasteiger charge is 2.49. The largest absolute Gasteiger partial charge is 0.399 e. The Hall–Kier alpha value is -4.46. The Morgan fingerprint density at radius 3 is 0.896 bits per heavy atom. The monoisotopic (exact) mass is 720 g/mol. The SMILES string of the molecule is C#CCC(C/C=C/CC(CC#C)(S(=O)Oc1ccccc1)S(=O)Oc1ccccc1)(S(=O)Oc1ccccc1)S(=O)Oc1ccccc1. The third kappa shape index (κ3) is 9.55. The first-order valence-corrected chi connectivity index (χ1v) is 18.8. The molecule has 248 valence electrons. The number of hydrogen-bond acceptors (Lipinski definition) is 8. The average Bonchev–Trinajstić information content (AvgIpc) is 3.10. The van der Waals surface area contributed by atoms with Gasteiger partial charge in [-0.3, -0.25) is 0 Å². The van der Waals surface area contributed by atoms with Crippen molar-refractivity contribution < 1.29 is 33.6 Å². The number of rotatable bonds is 18. The van der Waals surface area contributed by atoms with E-state index in [1.807, 2.05) is 0 Å². The number of para-hydroxylation sites is 4. The van der Waals surface area contributed by atoms with Crippen LogP contribution >= 0.6 is 0 Å². The van der Waals surface area contributed by atoms with Crippen LogP contribution in [0, 0.1) is 24.7 Å². The first-order valence-electron chi connectivity index (χ1n) is 14.5. The van der Waals surface area contributed by atoms with Crippen LogP contribution in [0.15, 0.2) is 133 Å². The second-order valence-electron chi connectivity index (χ2n) is 9.99. The predicted molar refractivity (Wildman–Crippen MR) is 192 cm³/mol. The molecule has 0 aliphatic rings. The molecule has 0 saturated heterocycles. The van der Waals surface area contributed by atoms with E-state index in [1.165, 1.54) is 0 Å². The van der Waals surface area contributed by atoms with Gasteiger partial charge in [-0.2, -0.15) is 0 Å². The Morgan fingerprint density at radius 2 is 0.688 bits per heavy atom. The number of terminal acetylenes is 2. The number of hydrogen-bond donors (Lipinski definition) is 0. The second kappa shape index (κ2) is 18.2. The first kappa shape index (κ1) is 36.4. The Balaban J connectivity index is 1.68. The molecule has 0 radical (unpaired) electrons. The van der Waals surface area contributed by atoms with Crippen molar-refractivity contribution in [1.82, 2.24) is 0 Å². The molecule has 0 aliphatic carbocycles. The Labute approximate surface area is 291 Å². The predicted octanol–water partition coefficient (Wildman–Crippen LogP) is 6.73. The fourth-order valence-electron chi connectivity index (χ4n) is 4.16. The summed E-state index contributed by atoms with van der Waals surface area (Å²) in [6, 6.07) is 33.5. The molecular weight excluding hydrogens is 689 g/mol. The van der Waals surface area contributed by atoms with Gasteiger partial charge in [-0.1, -0.05) is 84.9 Å². The zero-order valence-electron chi connectivity index (χ0n) is 25.6. The minimum Gasteiger partial charge on any atom is -0.399 e. The van der Waals surface area contributed by atoms with Gasteiger partial charge in [0.1, 0.15) is 23.0 Å². The van der Waals surface area contributed by atoms with Gasteiger partial charge in [-0.25, -0.2) is 16.8 Å². The summed E-state index contributed by atoms with van der Waals surface area (Å²) in [7, 11) is 0. The maximum atomic E-state index is 13.9. The van der Waals surface area contributed by atoms with Crippen molar-refractivity contribution in [2.24, 2.45) is 0 Å². The van der Waals surface area contributed by atoms with Gasteiger partial charge in [-0.05, 0) is 48.5 Å². The van der Waals surface area contributed by atoms with Gasteiger partial charge in [0.15, 0.2) is 0 Å². The van der Waals surface area contributed by atoms with Gasteiger partial charge in [0.25, 0.3) is 0 Å². The highest BCUT2D eigenvalue weighted by molar-refractivity contribution is 8.00. The van der Waals surface area contributed by atoms with Crippen LogP contribution in [0.1, 0.15) is 25.7 Å². The van der Waals surface area contributed by atoms with E-state index in [1.54, 1.807) is 133 Å². The molecule has 48 heavy (non-hydrogen) atoms. The van der Waals surface area contributed by atoms with Crippen LogP contribution < -0.4 is 16.7 Å². The fraction of sp³-hybridized carbons (Fsp3) is 0.167. The van der Waals surface area contributed by atoms with Crippen molar-refractivity contribution in [2.45, 2.75) is 33.8 Å². The lowest BCUT2D eigenvalue weighted by atomic mass is 10.1. The third-order valence-corrected chi connectivity index (χ3v) is 13.3. The van der Waals surface area contributed by atoms with E-state index < -0.39 is 52.5 Å². The first-order chi connectivity index (χ1) is 23.3. The molecule has 4 unspecified atom stereocenters. The van der Waals surface area contributed by atoms with Crippen LogP contribution in [0.25, 0.3) is 0 Å². The molecule has 0 spiro atoms. The summed E-state index contributed by atoms with van der Waals surface area (Å²) < 4.78 is 75.0. The van der Waals surface area contributed by atoms with E-state index in [0.29, 0.717) is 0 Å².